The summed E-state index contributed by atoms with van der Waals surface area (Å²) in [5.41, 5.74) is 8.81. The Balaban J connectivity index is 1.67. The SMILES string of the molecule is CC(Nc1nc(N)nc2nc[nH]c12)c1nc2sccn2c(=O)c1-c1ccccc1. The maximum absolute atomic E-state index is 13.2. The van der Waals surface area contributed by atoms with Gasteiger partial charge in [0, 0.05) is 11.6 Å². The number of H-pyrrole nitrogens is 1. The summed E-state index contributed by atoms with van der Waals surface area (Å²) >= 11 is 1.41. The zero-order chi connectivity index (χ0) is 20.0. The first kappa shape index (κ1) is 17.3. The van der Waals surface area contributed by atoms with Crippen LogP contribution in [0.1, 0.15) is 18.7 Å². The molecule has 0 fully saturated rings. The maximum Gasteiger partial charge on any atom is 0.266 e. The van der Waals surface area contributed by atoms with Crippen LogP contribution in [0.25, 0.3) is 27.3 Å². The number of benzene rings is 1. The average Bonchev–Trinajstić information content (AvgIpc) is 3.37. The fourth-order valence-electron chi connectivity index (χ4n) is 3.31. The Morgan fingerprint density at radius 2 is 2.03 bits per heavy atom. The number of rotatable bonds is 4. The van der Waals surface area contributed by atoms with Crippen LogP contribution in [0.2, 0.25) is 0 Å². The molecule has 0 aliphatic heterocycles. The molecule has 0 radical (unpaired) electrons. The van der Waals surface area contributed by atoms with E-state index in [1.54, 1.807) is 10.6 Å². The van der Waals surface area contributed by atoms with E-state index in [0.717, 1.165) is 5.56 Å². The number of nitrogens with two attached hydrogens (primary N) is 1. The minimum atomic E-state index is -0.328. The molecule has 1 aromatic carbocycles. The van der Waals surface area contributed by atoms with Crippen molar-refractivity contribution in [2.75, 3.05) is 11.1 Å². The first-order valence-corrected chi connectivity index (χ1v) is 9.78. The van der Waals surface area contributed by atoms with E-state index in [1.165, 1.54) is 17.7 Å². The van der Waals surface area contributed by atoms with Gasteiger partial charge in [-0.3, -0.25) is 9.20 Å². The molecule has 144 valence electrons. The molecule has 0 saturated heterocycles. The summed E-state index contributed by atoms with van der Waals surface area (Å²) in [4.78, 5) is 34.2. The molecule has 4 aromatic heterocycles. The molecule has 5 aromatic rings. The van der Waals surface area contributed by atoms with E-state index in [9.17, 15) is 4.79 Å². The second-order valence-electron chi connectivity index (χ2n) is 6.50. The second-order valence-corrected chi connectivity index (χ2v) is 7.37. The maximum atomic E-state index is 13.2. The van der Waals surface area contributed by atoms with Gasteiger partial charge in [0.15, 0.2) is 16.4 Å². The Labute approximate surface area is 168 Å². The zero-order valence-electron chi connectivity index (χ0n) is 15.3. The topological polar surface area (TPSA) is 127 Å². The van der Waals surface area contributed by atoms with Crippen molar-refractivity contribution in [2.24, 2.45) is 0 Å². The van der Waals surface area contributed by atoms with Gasteiger partial charge in [-0.05, 0) is 12.5 Å². The van der Waals surface area contributed by atoms with Crippen molar-refractivity contribution >= 4 is 39.2 Å². The number of aromatic nitrogens is 6. The molecule has 4 N–H and O–H groups in total. The van der Waals surface area contributed by atoms with E-state index in [4.69, 9.17) is 10.7 Å². The predicted octanol–water partition coefficient (Wildman–Crippen LogP) is 2.84. The Hall–Kier alpha value is -3.79. The third kappa shape index (κ3) is 2.90. The van der Waals surface area contributed by atoms with Crippen LogP contribution in [-0.2, 0) is 0 Å². The summed E-state index contributed by atoms with van der Waals surface area (Å²) < 4.78 is 1.57. The first-order valence-electron chi connectivity index (χ1n) is 8.90. The highest BCUT2D eigenvalue weighted by Crippen LogP contribution is 2.28. The fourth-order valence-corrected chi connectivity index (χ4v) is 4.03. The molecule has 9 nitrogen and oxygen atoms in total. The van der Waals surface area contributed by atoms with Crippen LogP contribution in [-0.4, -0.2) is 29.3 Å². The number of anilines is 2. The molecule has 1 unspecified atom stereocenters. The Morgan fingerprint density at radius 1 is 1.21 bits per heavy atom. The van der Waals surface area contributed by atoms with Gasteiger partial charge in [0.05, 0.1) is 23.6 Å². The summed E-state index contributed by atoms with van der Waals surface area (Å²) in [7, 11) is 0. The number of imidazole rings is 1. The molecular weight excluding hydrogens is 388 g/mol. The van der Waals surface area contributed by atoms with Crippen molar-refractivity contribution in [3.8, 4) is 11.1 Å². The monoisotopic (exact) mass is 404 g/mol. The largest absolute Gasteiger partial charge is 0.368 e. The number of thiazole rings is 1. The number of hydrogen-bond donors (Lipinski definition) is 3. The standard InChI is InChI=1S/C19H16N8OS/c1-10(23-16-14-15(22-9-21-14)25-18(20)26-16)13-12(11-5-3-2-4-6-11)17(28)27-7-8-29-19(27)24-13/h2-10H,1H3,(H4,20,21,22,23,25,26). The van der Waals surface area contributed by atoms with Crippen molar-refractivity contribution in [3.63, 3.8) is 0 Å². The lowest BCUT2D eigenvalue weighted by Crippen LogP contribution is -2.22. The third-order valence-corrected chi connectivity index (χ3v) is 5.38. The molecule has 4 heterocycles. The van der Waals surface area contributed by atoms with E-state index in [0.29, 0.717) is 33.2 Å². The lowest BCUT2D eigenvalue weighted by atomic mass is 10.0. The van der Waals surface area contributed by atoms with Crippen LogP contribution >= 0.6 is 11.3 Å². The van der Waals surface area contributed by atoms with Crippen LogP contribution < -0.4 is 16.6 Å². The minimum absolute atomic E-state index is 0.111. The predicted molar refractivity (Wildman–Crippen MR) is 113 cm³/mol. The van der Waals surface area contributed by atoms with Gasteiger partial charge in [-0.2, -0.15) is 9.97 Å². The molecule has 0 amide bonds. The van der Waals surface area contributed by atoms with Crippen LogP contribution in [0.15, 0.2) is 53.0 Å². The number of aromatic amines is 1. The molecular formula is C19H16N8OS. The molecule has 5 rings (SSSR count). The second kappa shape index (κ2) is 6.67. The van der Waals surface area contributed by atoms with E-state index >= 15 is 0 Å². The quantitative estimate of drug-likeness (QED) is 0.420. The molecule has 0 aliphatic rings. The summed E-state index contributed by atoms with van der Waals surface area (Å²) in [6.45, 7) is 1.93. The van der Waals surface area contributed by atoms with Crippen molar-refractivity contribution in [2.45, 2.75) is 13.0 Å². The van der Waals surface area contributed by atoms with Crippen molar-refractivity contribution in [3.05, 3.63) is 64.3 Å². The highest BCUT2D eigenvalue weighted by molar-refractivity contribution is 7.15. The van der Waals surface area contributed by atoms with E-state index in [1.807, 2.05) is 42.6 Å². The highest BCUT2D eigenvalue weighted by Gasteiger charge is 2.21. The zero-order valence-corrected chi connectivity index (χ0v) is 16.1. The number of nitrogen functional groups attached to an aromatic ring is 1. The van der Waals surface area contributed by atoms with E-state index < -0.39 is 0 Å². The van der Waals surface area contributed by atoms with Gasteiger partial charge in [-0.1, -0.05) is 30.3 Å². The van der Waals surface area contributed by atoms with Gasteiger partial charge in [0.25, 0.3) is 5.56 Å². The molecule has 0 spiro atoms. The molecule has 29 heavy (non-hydrogen) atoms. The van der Waals surface area contributed by atoms with Gasteiger partial charge in [-0.25, -0.2) is 9.97 Å². The average molecular weight is 404 g/mol. The third-order valence-electron chi connectivity index (χ3n) is 4.62. The molecule has 0 saturated carbocycles. The van der Waals surface area contributed by atoms with Gasteiger partial charge >= 0.3 is 0 Å². The number of fused-ring (bicyclic) bond motifs is 2. The van der Waals surface area contributed by atoms with Crippen LogP contribution in [0.4, 0.5) is 11.8 Å². The van der Waals surface area contributed by atoms with E-state index in [2.05, 4.69) is 25.3 Å². The molecule has 0 bridgehead atoms. The lowest BCUT2D eigenvalue weighted by Gasteiger charge is -2.18. The smallest absolute Gasteiger partial charge is 0.266 e. The van der Waals surface area contributed by atoms with Gasteiger partial charge in [0.2, 0.25) is 5.95 Å². The first-order chi connectivity index (χ1) is 14.1. The molecule has 10 heteroatoms. The summed E-state index contributed by atoms with van der Waals surface area (Å²) in [6.07, 6.45) is 3.27. The minimum Gasteiger partial charge on any atom is -0.368 e. The number of nitrogens with one attached hydrogen (secondary N) is 2. The lowest BCUT2D eigenvalue weighted by molar-refractivity contribution is 0.829. The highest BCUT2D eigenvalue weighted by atomic mass is 32.1. The van der Waals surface area contributed by atoms with Crippen molar-refractivity contribution in [1.29, 1.82) is 0 Å². The Bertz CT molecular complexity index is 1390. The van der Waals surface area contributed by atoms with Gasteiger partial charge < -0.3 is 16.0 Å². The molecule has 0 aliphatic carbocycles. The number of nitrogens with zero attached hydrogens (tertiary/aromatic N) is 5. The Morgan fingerprint density at radius 3 is 2.86 bits per heavy atom. The van der Waals surface area contributed by atoms with Crippen LogP contribution in [0.3, 0.4) is 0 Å². The van der Waals surface area contributed by atoms with Crippen LogP contribution in [0, 0.1) is 0 Å². The fraction of sp³-hybridized carbons (Fsp3) is 0.105. The Kier molecular flexibility index (Phi) is 3.98. The van der Waals surface area contributed by atoms with E-state index in [-0.39, 0.29) is 17.5 Å². The van der Waals surface area contributed by atoms with Crippen LogP contribution in [0.5, 0.6) is 0 Å². The van der Waals surface area contributed by atoms with Gasteiger partial charge in [0.1, 0.15) is 5.52 Å². The number of hydrogen-bond acceptors (Lipinski definition) is 8. The summed E-state index contributed by atoms with van der Waals surface area (Å²) in [5.74, 6) is 0.619. The molecule has 1 atom stereocenters. The normalized spacial score (nSPS) is 12.4. The van der Waals surface area contributed by atoms with Gasteiger partial charge in [-0.15, -0.1) is 11.3 Å². The van der Waals surface area contributed by atoms with Crippen molar-refractivity contribution in [1.82, 2.24) is 29.3 Å². The van der Waals surface area contributed by atoms with Crippen molar-refractivity contribution < 1.29 is 0 Å². The summed E-state index contributed by atoms with van der Waals surface area (Å²) in [5, 5.41) is 5.16. The summed E-state index contributed by atoms with van der Waals surface area (Å²) in [6, 6.07) is 9.20.